The molecule has 0 fully saturated rings. The fourth-order valence-electron chi connectivity index (χ4n) is 2.01. The van der Waals surface area contributed by atoms with Gasteiger partial charge in [0, 0.05) is 0 Å². The minimum atomic E-state index is -1.06. The van der Waals surface area contributed by atoms with Crippen LogP contribution in [0.4, 0.5) is 0 Å². The van der Waals surface area contributed by atoms with Crippen molar-refractivity contribution in [3.63, 3.8) is 0 Å². The van der Waals surface area contributed by atoms with E-state index in [2.05, 4.69) is 5.32 Å². The van der Waals surface area contributed by atoms with Gasteiger partial charge in [0.25, 0.3) is 0 Å². The first-order valence-corrected chi connectivity index (χ1v) is 6.66. The summed E-state index contributed by atoms with van der Waals surface area (Å²) in [5.41, 5.74) is 0.692. The lowest BCUT2D eigenvalue weighted by atomic mass is 9.96. The van der Waals surface area contributed by atoms with E-state index >= 15 is 0 Å². The highest BCUT2D eigenvalue weighted by molar-refractivity contribution is 5.78. The zero-order valence-electron chi connectivity index (χ0n) is 11.5. The van der Waals surface area contributed by atoms with Crippen molar-refractivity contribution >= 4 is 5.91 Å². The molecular formula is C17H19NO2. The summed E-state index contributed by atoms with van der Waals surface area (Å²) in [4.78, 5) is 11.9. The summed E-state index contributed by atoms with van der Waals surface area (Å²) >= 11 is 0. The quantitative estimate of drug-likeness (QED) is 0.874. The van der Waals surface area contributed by atoms with Gasteiger partial charge in [-0.05, 0) is 18.1 Å². The molecule has 0 aliphatic heterocycles. The molecule has 2 aromatic carbocycles. The van der Waals surface area contributed by atoms with Crippen LogP contribution in [0.1, 0.15) is 18.1 Å². The minimum absolute atomic E-state index is 0.0904. The third kappa shape index (κ3) is 3.93. The lowest BCUT2D eigenvalue weighted by Crippen LogP contribution is -2.39. The maximum absolute atomic E-state index is 11.9. The third-order valence-corrected chi connectivity index (χ3v) is 3.23. The number of amides is 1. The van der Waals surface area contributed by atoms with Crippen LogP contribution in [0.2, 0.25) is 0 Å². The lowest BCUT2D eigenvalue weighted by Gasteiger charge is -2.24. The van der Waals surface area contributed by atoms with Crippen LogP contribution in [0.5, 0.6) is 0 Å². The van der Waals surface area contributed by atoms with Crippen LogP contribution in [0.25, 0.3) is 0 Å². The van der Waals surface area contributed by atoms with E-state index in [0.717, 1.165) is 11.1 Å². The van der Waals surface area contributed by atoms with Crippen molar-refractivity contribution < 1.29 is 9.90 Å². The Morgan fingerprint density at radius 2 is 1.60 bits per heavy atom. The second-order valence-electron chi connectivity index (χ2n) is 5.08. The molecule has 3 heteroatoms. The molecule has 1 amide bonds. The number of aliphatic hydroxyl groups is 1. The Balaban J connectivity index is 1.90. The molecule has 0 aliphatic carbocycles. The Kier molecular flexibility index (Phi) is 4.53. The van der Waals surface area contributed by atoms with Crippen LogP contribution in [0, 0.1) is 0 Å². The summed E-state index contributed by atoms with van der Waals surface area (Å²) in [6.45, 7) is 1.90. The Hall–Kier alpha value is -2.13. The van der Waals surface area contributed by atoms with Gasteiger partial charge in [-0.2, -0.15) is 0 Å². The first-order chi connectivity index (χ1) is 9.58. The van der Waals surface area contributed by atoms with Crippen molar-refractivity contribution in [3.8, 4) is 0 Å². The molecule has 2 aromatic rings. The second kappa shape index (κ2) is 6.35. The first kappa shape index (κ1) is 14.3. The second-order valence-corrected chi connectivity index (χ2v) is 5.08. The molecule has 0 heterocycles. The zero-order valence-corrected chi connectivity index (χ0v) is 11.5. The van der Waals surface area contributed by atoms with Gasteiger partial charge in [-0.3, -0.25) is 4.79 Å². The first-order valence-electron chi connectivity index (χ1n) is 6.66. The van der Waals surface area contributed by atoms with Gasteiger partial charge in [0.1, 0.15) is 5.60 Å². The molecule has 0 bridgehead atoms. The molecule has 2 N–H and O–H groups in total. The highest BCUT2D eigenvalue weighted by atomic mass is 16.3. The largest absolute Gasteiger partial charge is 0.384 e. The van der Waals surface area contributed by atoms with Crippen molar-refractivity contribution in [1.82, 2.24) is 5.32 Å². The summed E-state index contributed by atoms with van der Waals surface area (Å²) in [7, 11) is 0. The number of rotatable bonds is 5. The topological polar surface area (TPSA) is 49.3 Å². The zero-order chi connectivity index (χ0) is 14.4. The van der Waals surface area contributed by atoms with Gasteiger partial charge in [0.15, 0.2) is 0 Å². The van der Waals surface area contributed by atoms with Gasteiger partial charge < -0.3 is 10.4 Å². The summed E-state index contributed by atoms with van der Waals surface area (Å²) in [5, 5.41) is 13.2. The smallest absolute Gasteiger partial charge is 0.224 e. The van der Waals surface area contributed by atoms with Crippen molar-refractivity contribution in [3.05, 3.63) is 71.8 Å². The highest BCUT2D eigenvalue weighted by Gasteiger charge is 2.23. The van der Waals surface area contributed by atoms with Crippen LogP contribution in [0.15, 0.2) is 60.7 Å². The SMILES string of the molecule is CC(O)(CNC(=O)Cc1ccccc1)c1ccccc1. The minimum Gasteiger partial charge on any atom is -0.384 e. The molecular weight excluding hydrogens is 250 g/mol. The van der Waals surface area contributed by atoms with E-state index in [9.17, 15) is 9.90 Å². The molecule has 0 aromatic heterocycles. The van der Waals surface area contributed by atoms with E-state index in [1.807, 2.05) is 60.7 Å². The van der Waals surface area contributed by atoms with Crippen LogP contribution < -0.4 is 5.32 Å². The van der Waals surface area contributed by atoms with Gasteiger partial charge in [-0.25, -0.2) is 0 Å². The molecule has 0 aliphatic rings. The number of hydrogen-bond donors (Lipinski definition) is 2. The summed E-state index contributed by atoms with van der Waals surface area (Å²) in [6, 6.07) is 18.9. The molecule has 1 atom stereocenters. The van der Waals surface area contributed by atoms with Gasteiger partial charge in [-0.15, -0.1) is 0 Å². The van der Waals surface area contributed by atoms with Gasteiger partial charge in [0.2, 0.25) is 5.91 Å². The van der Waals surface area contributed by atoms with Crippen LogP contribution in [0.3, 0.4) is 0 Å². The molecule has 0 radical (unpaired) electrons. The van der Waals surface area contributed by atoms with Crippen LogP contribution in [-0.2, 0) is 16.8 Å². The molecule has 20 heavy (non-hydrogen) atoms. The summed E-state index contributed by atoms with van der Waals surface area (Å²) in [5.74, 6) is -0.0904. The van der Waals surface area contributed by atoms with E-state index in [4.69, 9.17) is 0 Å². The van der Waals surface area contributed by atoms with E-state index in [1.165, 1.54) is 0 Å². The summed E-state index contributed by atoms with van der Waals surface area (Å²) < 4.78 is 0. The third-order valence-electron chi connectivity index (χ3n) is 3.23. The number of nitrogens with one attached hydrogen (secondary N) is 1. The Morgan fingerprint density at radius 3 is 2.20 bits per heavy atom. The van der Waals surface area contributed by atoms with E-state index in [1.54, 1.807) is 6.92 Å². The van der Waals surface area contributed by atoms with Crippen LogP contribution in [-0.4, -0.2) is 17.6 Å². The normalized spacial score (nSPS) is 13.5. The molecule has 3 nitrogen and oxygen atoms in total. The van der Waals surface area contributed by atoms with Crippen molar-refractivity contribution in [2.75, 3.05) is 6.54 Å². The average molecular weight is 269 g/mol. The van der Waals surface area contributed by atoms with Gasteiger partial charge in [-0.1, -0.05) is 60.7 Å². The predicted molar refractivity (Wildman–Crippen MR) is 79.2 cm³/mol. The fraction of sp³-hybridized carbons (Fsp3) is 0.235. The number of carbonyl (C=O) groups is 1. The monoisotopic (exact) mass is 269 g/mol. The maximum atomic E-state index is 11.9. The molecule has 104 valence electrons. The van der Waals surface area contributed by atoms with Crippen LogP contribution >= 0.6 is 0 Å². The van der Waals surface area contributed by atoms with Crippen molar-refractivity contribution in [2.24, 2.45) is 0 Å². The Bertz CT molecular complexity index is 550. The average Bonchev–Trinajstić information content (AvgIpc) is 2.47. The van der Waals surface area contributed by atoms with Gasteiger partial charge in [0.05, 0.1) is 13.0 Å². The Labute approximate surface area is 119 Å². The maximum Gasteiger partial charge on any atom is 0.224 e. The van der Waals surface area contributed by atoms with Crippen molar-refractivity contribution in [1.29, 1.82) is 0 Å². The lowest BCUT2D eigenvalue weighted by molar-refractivity contribution is -0.121. The molecule has 0 saturated carbocycles. The van der Waals surface area contributed by atoms with E-state index < -0.39 is 5.60 Å². The van der Waals surface area contributed by atoms with Crippen molar-refractivity contribution in [2.45, 2.75) is 18.9 Å². The molecule has 2 rings (SSSR count). The fourth-order valence-corrected chi connectivity index (χ4v) is 2.01. The Morgan fingerprint density at radius 1 is 1.05 bits per heavy atom. The van der Waals surface area contributed by atoms with E-state index in [-0.39, 0.29) is 12.5 Å². The van der Waals surface area contributed by atoms with Gasteiger partial charge >= 0.3 is 0 Å². The molecule has 0 spiro atoms. The number of hydrogen-bond acceptors (Lipinski definition) is 2. The standard InChI is InChI=1S/C17H19NO2/c1-17(20,15-10-6-3-7-11-15)13-18-16(19)12-14-8-4-2-5-9-14/h2-11,20H,12-13H2,1H3,(H,18,19). The molecule has 0 saturated heterocycles. The predicted octanol–water partition coefficient (Wildman–Crippen LogP) is 2.25. The molecule has 1 unspecified atom stereocenters. The van der Waals surface area contributed by atoms with E-state index in [0.29, 0.717) is 6.42 Å². The number of carbonyl (C=O) groups excluding carboxylic acids is 1. The number of benzene rings is 2. The highest BCUT2D eigenvalue weighted by Crippen LogP contribution is 2.18. The summed E-state index contributed by atoms with van der Waals surface area (Å²) in [6.07, 6.45) is 0.325.